The van der Waals surface area contributed by atoms with Crippen LogP contribution in [-0.4, -0.2) is 32.6 Å². The van der Waals surface area contributed by atoms with Crippen LogP contribution in [0.5, 0.6) is 0 Å². The van der Waals surface area contributed by atoms with E-state index >= 15 is 0 Å². The van der Waals surface area contributed by atoms with Crippen molar-refractivity contribution in [3.8, 4) is 0 Å². The second-order valence-electron chi connectivity index (χ2n) is 2.18. The van der Waals surface area contributed by atoms with E-state index in [0.29, 0.717) is 0 Å². The summed E-state index contributed by atoms with van der Waals surface area (Å²) >= 11 is 0. The molecule has 0 rings (SSSR count). The van der Waals surface area contributed by atoms with Gasteiger partial charge in [-0.15, -0.1) is 0 Å². The van der Waals surface area contributed by atoms with Gasteiger partial charge in [0.2, 0.25) is 0 Å². The number of carbonyl (C=O) groups is 2. The van der Waals surface area contributed by atoms with Gasteiger partial charge in [0.15, 0.2) is 0 Å². The summed E-state index contributed by atoms with van der Waals surface area (Å²) in [6, 6.07) is 0. The summed E-state index contributed by atoms with van der Waals surface area (Å²) in [5.41, 5.74) is 0. The van der Waals surface area contributed by atoms with Crippen molar-refractivity contribution in [2.45, 2.75) is 41.5 Å². The Kier molecular flexibility index (Phi) is 46.2. The first-order chi connectivity index (χ1) is 6.92. The van der Waals surface area contributed by atoms with E-state index in [9.17, 15) is 9.59 Å². The van der Waals surface area contributed by atoms with Crippen molar-refractivity contribution in [3.05, 3.63) is 0 Å². The van der Waals surface area contributed by atoms with E-state index < -0.39 is 0 Å². The molecule has 4 nitrogen and oxygen atoms in total. The average molecular weight is 222 g/mol. The number of Topliss-reactive ketones (excluding diaryl/α,β-unsaturated/α-hetero) is 1. The first kappa shape index (κ1) is 23.7. The van der Waals surface area contributed by atoms with Crippen molar-refractivity contribution in [3.63, 3.8) is 0 Å². The average Bonchev–Trinajstić information content (AvgIpc) is 2.20. The van der Waals surface area contributed by atoms with Gasteiger partial charge in [0.05, 0.1) is 7.11 Å². The lowest BCUT2D eigenvalue weighted by Gasteiger charge is -1.80. The van der Waals surface area contributed by atoms with Gasteiger partial charge in [0.1, 0.15) is 5.78 Å². The molecule has 0 radical (unpaired) electrons. The van der Waals surface area contributed by atoms with Crippen molar-refractivity contribution < 1.29 is 19.1 Å². The monoisotopic (exact) mass is 222 g/mol. The molecule has 0 amide bonds. The fraction of sp³-hybridized carbons (Fsp3) is 0.818. The number of ketones is 1. The third-order valence-electron chi connectivity index (χ3n) is 0.576. The van der Waals surface area contributed by atoms with E-state index in [-0.39, 0.29) is 11.8 Å². The molecule has 0 aromatic rings. The topological polar surface area (TPSA) is 52.6 Å². The molecule has 0 aromatic carbocycles. The molecular weight excluding hydrogens is 196 g/mol. The highest BCUT2D eigenvalue weighted by molar-refractivity contribution is 5.72. The minimum atomic E-state index is -0.245. The van der Waals surface area contributed by atoms with Gasteiger partial charge in [-0.2, -0.15) is 0 Å². The maximum absolute atomic E-state index is 9.59. The number of hydrogen-bond donors (Lipinski definition) is 0. The number of methoxy groups -OCH3 is 2. The summed E-state index contributed by atoms with van der Waals surface area (Å²) in [5, 5.41) is 0. The first-order valence-electron chi connectivity index (χ1n) is 4.92. The minimum Gasteiger partial charge on any atom is -0.469 e. The lowest BCUT2D eigenvalue weighted by Crippen LogP contribution is -1.88. The predicted molar refractivity (Wildman–Crippen MR) is 62.9 cm³/mol. The molecule has 0 saturated heterocycles. The van der Waals surface area contributed by atoms with Crippen LogP contribution in [0.4, 0.5) is 0 Å². The Labute approximate surface area is 94.0 Å². The van der Waals surface area contributed by atoms with Crippen molar-refractivity contribution in [2.75, 3.05) is 20.8 Å². The van der Waals surface area contributed by atoms with E-state index in [4.69, 9.17) is 0 Å². The Balaban J connectivity index is -0.0000000562. The molecule has 94 valence electrons. The molecule has 0 unspecified atom stereocenters. The molecule has 0 aromatic heterocycles. The van der Waals surface area contributed by atoms with Crippen molar-refractivity contribution in [1.82, 2.24) is 0 Å². The van der Waals surface area contributed by atoms with E-state index in [1.165, 1.54) is 27.9 Å². The standard InChI is InChI=1S/C3H6O2.C3H8O.C3H6O.C2H6/c1-3(4)5-2;1-3-4-2;1-3(2)4;1-2/h1-2H3;3H2,1-2H3;1-2H3;1-2H3. The number of ether oxygens (including phenoxy) is 2. The summed E-state index contributed by atoms with van der Waals surface area (Å²) < 4.78 is 8.65. The van der Waals surface area contributed by atoms with Gasteiger partial charge in [0.25, 0.3) is 0 Å². The number of esters is 1. The van der Waals surface area contributed by atoms with Crippen LogP contribution in [-0.2, 0) is 19.1 Å². The molecule has 0 aliphatic carbocycles. The SMILES string of the molecule is CC.CC(C)=O.CCOC.COC(C)=O. The van der Waals surface area contributed by atoms with Crippen LogP contribution in [0.15, 0.2) is 0 Å². The van der Waals surface area contributed by atoms with Gasteiger partial charge in [0, 0.05) is 20.6 Å². The van der Waals surface area contributed by atoms with E-state index in [2.05, 4.69) is 9.47 Å². The van der Waals surface area contributed by atoms with Crippen LogP contribution in [0.2, 0.25) is 0 Å². The van der Waals surface area contributed by atoms with Gasteiger partial charge in [-0.3, -0.25) is 4.79 Å². The smallest absolute Gasteiger partial charge is 0.302 e. The second-order valence-corrected chi connectivity index (χ2v) is 2.18. The van der Waals surface area contributed by atoms with Crippen molar-refractivity contribution in [2.24, 2.45) is 0 Å². The second kappa shape index (κ2) is 29.2. The number of rotatable bonds is 1. The van der Waals surface area contributed by atoms with Crippen LogP contribution in [0.25, 0.3) is 0 Å². The van der Waals surface area contributed by atoms with E-state index in [1.807, 2.05) is 20.8 Å². The van der Waals surface area contributed by atoms with Crippen LogP contribution in [0.3, 0.4) is 0 Å². The fourth-order valence-corrected chi connectivity index (χ4v) is 0. The molecule has 0 aliphatic heterocycles. The molecule has 0 spiro atoms. The molecule has 0 aliphatic rings. The van der Waals surface area contributed by atoms with Gasteiger partial charge >= 0.3 is 5.97 Å². The zero-order valence-electron chi connectivity index (χ0n) is 11.3. The third-order valence-corrected chi connectivity index (χ3v) is 0.576. The highest BCUT2D eigenvalue weighted by Crippen LogP contribution is 1.60. The summed E-state index contributed by atoms with van der Waals surface area (Å²) in [6.45, 7) is 11.2. The normalized spacial score (nSPS) is 6.40. The van der Waals surface area contributed by atoms with E-state index in [1.54, 1.807) is 7.11 Å². The molecule has 4 heteroatoms. The number of carbonyl (C=O) groups excluding carboxylic acids is 2. The van der Waals surface area contributed by atoms with Gasteiger partial charge in [-0.05, 0) is 20.8 Å². The predicted octanol–water partition coefficient (Wildman–Crippen LogP) is 2.45. The zero-order valence-corrected chi connectivity index (χ0v) is 11.3. The Morgan fingerprint density at radius 3 is 1.13 bits per heavy atom. The zero-order chi connectivity index (χ0) is 13.3. The van der Waals surface area contributed by atoms with E-state index in [0.717, 1.165) is 6.61 Å². The highest BCUT2D eigenvalue weighted by atomic mass is 16.5. The molecule has 0 bridgehead atoms. The molecule has 0 atom stereocenters. The highest BCUT2D eigenvalue weighted by Gasteiger charge is 1.75. The third kappa shape index (κ3) is 366. The largest absolute Gasteiger partial charge is 0.469 e. The maximum Gasteiger partial charge on any atom is 0.302 e. The van der Waals surface area contributed by atoms with Crippen LogP contribution < -0.4 is 0 Å². The summed E-state index contributed by atoms with van der Waals surface area (Å²) in [4.78, 5) is 19.0. The number of hydrogen-bond acceptors (Lipinski definition) is 4. The Hall–Kier alpha value is -0.900. The van der Waals surface area contributed by atoms with Crippen LogP contribution in [0.1, 0.15) is 41.5 Å². The Bertz CT molecular complexity index is 116. The summed E-state index contributed by atoms with van der Waals surface area (Å²) in [5.74, 6) is -0.0787. The minimum absolute atomic E-state index is 0.167. The summed E-state index contributed by atoms with van der Waals surface area (Å²) in [7, 11) is 3.03. The molecule has 0 fully saturated rings. The van der Waals surface area contributed by atoms with Gasteiger partial charge in [-0.1, -0.05) is 13.8 Å². The summed E-state index contributed by atoms with van der Waals surface area (Å²) in [6.07, 6.45) is 0. The Morgan fingerprint density at radius 1 is 1.00 bits per heavy atom. The Morgan fingerprint density at radius 2 is 1.13 bits per heavy atom. The van der Waals surface area contributed by atoms with Gasteiger partial charge in [-0.25, -0.2) is 0 Å². The van der Waals surface area contributed by atoms with Crippen molar-refractivity contribution >= 4 is 11.8 Å². The van der Waals surface area contributed by atoms with Crippen LogP contribution >= 0.6 is 0 Å². The fourth-order valence-electron chi connectivity index (χ4n) is 0. The molecule has 15 heavy (non-hydrogen) atoms. The lowest BCUT2D eigenvalue weighted by molar-refractivity contribution is -0.137. The van der Waals surface area contributed by atoms with Crippen LogP contribution in [0, 0.1) is 0 Å². The molecule has 0 saturated carbocycles. The maximum atomic E-state index is 9.59. The quantitative estimate of drug-likeness (QED) is 0.639. The molecular formula is C11H26O4. The van der Waals surface area contributed by atoms with Gasteiger partial charge < -0.3 is 14.3 Å². The first-order valence-corrected chi connectivity index (χ1v) is 4.92. The lowest BCUT2D eigenvalue weighted by atomic mass is 10.6. The molecule has 0 heterocycles. The van der Waals surface area contributed by atoms with Crippen molar-refractivity contribution in [1.29, 1.82) is 0 Å². The molecule has 0 N–H and O–H groups in total.